The highest BCUT2D eigenvalue weighted by Gasteiger charge is 2.15. The summed E-state index contributed by atoms with van der Waals surface area (Å²) in [6.45, 7) is 1.94. The second kappa shape index (κ2) is 15.7. The minimum absolute atomic E-state index is 0.0354. The van der Waals surface area contributed by atoms with Crippen molar-refractivity contribution in [2.45, 2.75) is 13.3 Å². The quantitative estimate of drug-likeness (QED) is 0.0523. The van der Waals surface area contributed by atoms with Gasteiger partial charge in [0.15, 0.2) is 17.3 Å². The summed E-state index contributed by atoms with van der Waals surface area (Å²) in [6, 6.07) is 23.0. The number of hydrogen-bond acceptors (Lipinski definition) is 7. The molecule has 0 aliphatic carbocycles. The van der Waals surface area contributed by atoms with Crippen molar-refractivity contribution in [2.75, 3.05) is 19.5 Å². The first-order valence-corrected chi connectivity index (χ1v) is 14.6. The van der Waals surface area contributed by atoms with Gasteiger partial charge in [-0.3, -0.25) is 9.59 Å². The second-order valence-electron chi connectivity index (χ2n) is 9.81. The van der Waals surface area contributed by atoms with E-state index in [1.54, 1.807) is 61.7 Å². The molecule has 0 saturated heterocycles. The highest BCUT2D eigenvalue weighted by molar-refractivity contribution is 6.39. The van der Waals surface area contributed by atoms with Gasteiger partial charge < -0.3 is 24.6 Å². The molecule has 45 heavy (non-hydrogen) atoms. The summed E-state index contributed by atoms with van der Waals surface area (Å²) in [5.41, 5.74) is 4.31. The van der Waals surface area contributed by atoms with Crippen molar-refractivity contribution in [3.05, 3.63) is 135 Å². The van der Waals surface area contributed by atoms with Gasteiger partial charge in [0.25, 0.3) is 0 Å². The van der Waals surface area contributed by atoms with E-state index >= 15 is 0 Å². The molecular weight excluding hydrogens is 613 g/mol. The van der Waals surface area contributed by atoms with E-state index in [0.29, 0.717) is 38.3 Å². The molecule has 0 bridgehead atoms. The Bertz CT molecular complexity index is 1770. The molecule has 0 fully saturated rings. The minimum Gasteiger partial charge on any atom is -0.508 e. The lowest BCUT2D eigenvalue weighted by molar-refractivity contribution is -0.133. The van der Waals surface area contributed by atoms with Crippen LogP contribution in [0.15, 0.2) is 103 Å². The average Bonchev–Trinajstić information content (AvgIpc) is 3.02. The largest absolute Gasteiger partial charge is 0.508 e. The fraction of sp³-hybridized carbons (Fsp3) is 0.111. The van der Waals surface area contributed by atoms with Crippen molar-refractivity contribution in [3.63, 3.8) is 0 Å². The van der Waals surface area contributed by atoms with Gasteiger partial charge in [0.2, 0.25) is 0 Å². The molecule has 0 spiro atoms. The van der Waals surface area contributed by atoms with Crippen LogP contribution in [0.4, 0.5) is 11.4 Å². The first-order chi connectivity index (χ1) is 21.7. The monoisotopic (exact) mass is 643 g/mol. The highest BCUT2D eigenvalue weighted by Crippen LogP contribution is 2.34. The number of esters is 1. The van der Waals surface area contributed by atoms with E-state index in [2.05, 4.69) is 5.32 Å². The zero-order valence-corrected chi connectivity index (χ0v) is 26.4. The van der Waals surface area contributed by atoms with Crippen molar-refractivity contribution in [1.82, 2.24) is 0 Å². The van der Waals surface area contributed by atoms with Gasteiger partial charge in [0.1, 0.15) is 11.5 Å². The summed E-state index contributed by atoms with van der Waals surface area (Å²) in [5.74, 6) is 0.134. The number of ether oxygens (including phenoxy) is 3. The Hall–Kier alpha value is -4.98. The molecule has 0 aliphatic rings. The molecule has 0 atom stereocenters. The van der Waals surface area contributed by atoms with Gasteiger partial charge >= 0.3 is 5.97 Å². The zero-order valence-electron chi connectivity index (χ0n) is 24.8. The molecule has 230 valence electrons. The SMILES string of the molecule is COc1cc(/C=C/C(O)=C/C(=O)/C=C/c2ccc(OC(=O)Cc3ccccc3Nc3c(Cl)cccc3Cl)c(OC)c2)ccc1C. The number of anilines is 2. The summed E-state index contributed by atoms with van der Waals surface area (Å²) in [5, 5.41) is 14.3. The van der Waals surface area contributed by atoms with E-state index in [4.69, 9.17) is 37.4 Å². The standard InChI is InChI=1S/C36H31Cl2NO6/c1-23-11-12-24(19-33(23)43-2)13-16-27(40)22-28(41)17-14-25-15-18-32(34(20-25)44-3)45-35(42)21-26-7-4-5-10-31(26)39-36-29(37)8-6-9-30(36)38/h4-20,22,39-40H,21H2,1-3H3/b16-13+,17-14+,27-22-. The average molecular weight is 645 g/mol. The molecule has 0 unspecified atom stereocenters. The van der Waals surface area contributed by atoms with Gasteiger partial charge in [0, 0.05) is 11.8 Å². The number of aliphatic hydroxyl groups excluding tert-OH is 1. The van der Waals surface area contributed by atoms with E-state index < -0.39 is 11.8 Å². The van der Waals surface area contributed by atoms with Crippen LogP contribution in [0.5, 0.6) is 17.2 Å². The maximum atomic E-state index is 12.9. The number of aryl methyl sites for hydroxylation is 1. The fourth-order valence-electron chi connectivity index (χ4n) is 4.28. The van der Waals surface area contributed by atoms with E-state index in [9.17, 15) is 14.7 Å². The third-order valence-corrected chi connectivity index (χ3v) is 7.22. The molecule has 0 saturated carbocycles. The van der Waals surface area contributed by atoms with Gasteiger partial charge in [-0.2, -0.15) is 0 Å². The lowest BCUT2D eigenvalue weighted by Crippen LogP contribution is -2.13. The molecule has 0 aromatic heterocycles. The summed E-state index contributed by atoms with van der Waals surface area (Å²) >= 11 is 12.6. The van der Waals surface area contributed by atoms with Crippen molar-refractivity contribution in [3.8, 4) is 17.2 Å². The fourth-order valence-corrected chi connectivity index (χ4v) is 4.77. The molecule has 0 amide bonds. The number of ketones is 1. The number of benzene rings is 4. The Balaban J connectivity index is 1.39. The Labute approximate surface area is 272 Å². The molecule has 4 aromatic rings. The Morgan fingerprint density at radius 2 is 1.44 bits per heavy atom. The lowest BCUT2D eigenvalue weighted by Gasteiger charge is -2.15. The van der Waals surface area contributed by atoms with Crippen LogP contribution in [-0.2, 0) is 16.0 Å². The second-order valence-corrected chi connectivity index (χ2v) is 10.6. The molecular formula is C36H31Cl2NO6. The molecule has 2 N–H and O–H groups in total. The normalized spacial score (nSPS) is 11.5. The first kappa shape index (κ1) is 32.9. The maximum absolute atomic E-state index is 12.9. The maximum Gasteiger partial charge on any atom is 0.315 e. The molecule has 4 rings (SSSR count). The number of para-hydroxylation sites is 2. The van der Waals surface area contributed by atoms with Crippen LogP contribution >= 0.6 is 23.2 Å². The number of nitrogens with one attached hydrogen (secondary N) is 1. The predicted octanol–water partition coefficient (Wildman–Crippen LogP) is 8.95. The molecule has 0 aliphatic heterocycles. The Kier molecular flexibility index (Phi) is 11.5. The number of carbonyl (C=O) groups is 2. The van der Waals surface area contributed by atoms with Gasteiger partial charge in [-0.1, -0.05) is 77.8 Å². The zero-order chi connectivity index (χ0) is 32.3. The summed E-state index contributed by atoms with van der Waals surface area (Å²) in [4.78, 5) is 25.3. The number of rotatable bonds is 12. The molecule has 0 heterocycles. The van der Waals surface area contributed by atoms with Gasteiger partial charge in [-0.05, 0) is 77.7 Å². The van der Waals surface area contributed by atoms with Crippen molar-refractivity contribution in [2.24, 2.45) is 0 Å². The number of hydrogen-bond donors (Lipinski definition) is 2. The van der Waals surface area contributed by atoms with Gasteiger partial charge in [-0.15, -0.1) is 0 Å². The van der Waals surface area contributed by atoms with Crippen LogP contribution < -0.4 is 19.5 Å². The van der Waals surface area contributed by atoms with E-state index in [0.717, 1.165) is 23.0 Å². The summed E-state index contributed by atoms with van der Waals surface area (Å²) in [7, 11) is 3.04. The first-order valence-electron chi connectivity index (χ1n) is 13.8. The Morgan fingerprint density at radius 3 is 2.16 bits per heavy atom. The van der Waals surface area contributed by atoms with Crippen molar-refractivity contribution < 1.29 is 28.9 Å². The highest BCUT2D eigenvalue weighted by atomic mass is 35.5. The third-order valence-electron chi connectivity index (χ3n) is 6.59. The van der Waals surface area contributed by atoms with Crippen molar-refractivity contribution >= 4 is 58.5 Å². The topological polar surface area (TPSA) is 94.1 Å². The molecule has 9 heteroatoms. The predicted molar refractivity (Wildman–Crippen MR) is 180 cm³/mol. The number of carbonyl (C=O) groups excluding carboxylic acids is 2. The van der Waals surface area contributed by atoms with Crippen LogP contribution in [0.3, 0.4) is 0 Å². The van der Waals surface area contributed by atoms with Crippen LogP contribution in [0, 0.1) is 6.92 Å². The van der Waals surface area contributed by atoms with E-state index in [1.807, 2.05) is 43.3 Å². The number of allylic oxidation sites excluding steroid dienone is 3. The van der Waals surface area contributed by atoms with Gasteiger partial charge in [0.05, 0.1) is 36.4 Å². The molecule has 4 aromatic carbocycles. The minimum atomic E-state index is -0.510. The van der Waals surface area contributed by atoms with Crippen LogP contribution in [0.1, 0.15) is 22.3 Å². The summed E-state index contributed by atoms with van der Waals surface area (Å²) < 4.78 is 16.4. The third kappa shape index (κ3) is 9.25. The Morgan fingerprint density at radius 1 is 0.800 bits per heavy atom. The number of halogens is 2. The number of aliphatic hydroxyl groups is 1. The van der Waals surface area contributed by atoms with Crippen molar-refractivity contribution in [1.29, 1.82) is 0 Å². The van der Waals surface area contributed by atoms with Crippen LogP contribution in [-0.4, -0.2) is 31.1 Å². The lowest BCUT2D eigenvalue weighted by atomic mass is 10.1. The van der Waals surface area contributed by atoms with E-state index in [1.165, 1.54) is 19.3 Å². The smallest absolute Gasteiger partial charge is 0.315 e. The number of methoxy groups -OCH3 is 2. The van der Waals surface area contributed by atoms with Gasteiger partial charge in [-0.25, -0.2) is 0 Å². The van der Waals surface area contributed by atoms with E-state index in [-0.39, 0.29) is 17.9 Å². The van der Waals surface area contributed by atoms with Crippen LogP contribution in [0.2, 0.25) is 10.0 Å². The van der Waals surface area contributed by atoms with Crippen LogP contribution in [0.25, 0.3) is 12.2 Å². The summed E-state index contributed by atoms with van der Waals surface area (Å²) in [6.07, 6.45) is 7.07. The molecule has 0 radical (unpaired) electrons. The molecule has 7 nitrogen and oxygen atoms in total.